The van der Waals surface area contributed by atoms with E-state index in [1.807, 2.05) is 19.3 Å². The fourth-order valence-electron chi connectivity index (χ4n) is 2.31. The molecule has 0 aliphatic rings. The van der Waals surface area contributed by atoms with Crippen molar-refractivity contribution in [1.82, 2.24) is 25.3 Å². The van der Waals surface area contributed by atoms with Crippen LogP contribution in [-0.4, -0.2) is 32.3 Å². The van der Waals surface area contributed by atoms with E-state index in [-0.39, 0.29) is 5.82 Å². The van der Waals surface area contributed by atoms with Gasteiger partial charge in [0.1, 0.15) is 5.82 Å². The van der Waals surface area contributed by atoms with Gasteiger partial charge in [-0.2, -0.15) is 10.2 Å². The van der Waals surface area contributed by atoms with E-state index in [0.29, 0.717) is 0 Å². The third kappa shape index (κ3) is 3.17. The lowest BCUT2D eigenvalue weighted by molar-refractivity contribution is 0.315. The Balaban J connectivity index is 1.74. The van der Waals surface area contributed by atoms with Crippen LogP contribution in [-0.2, 0) is 13.1 Å². The first-order chi connectivity index (χ1) is 10.2. The third-order valence-corrected chi connectivity index (χ3v) is 3.29. The van der Waals surface area contributed by atoms with E-state index in [2.05, 4.69) is 25.3 Å². The summed E-state index contributed by atoms with van der Waals surface area (Å²) in [4.78, 5) is 2.16. The van der Waals surface area contributed by atoms with Crippen LogP contribution in [0.5, 0.6) is 0 Å². The molecule has 0 saturated heterocycles. The number of H-pyrrole nitrogens is 2. The molecule has 0 amide bonds. The molecule has 3 aromatic rings. The molecule has 2 N–H and O–H groups in total. The Labute approximate surface area is 121 Å². The average Bonchev–Trinajstić information content (AvgIpc) is 3.11. The van der Waals surface area contributed by atoms with Gasteiger partial charge in [-0.3, -0.25) is 15.1 Å². The number of rotatable bonds is 5. The van der Waals surface area contributed by atoms with Crippen molar-refractivity contribution in [3.8, 4) is 11.3 Å². The van der Waals surface area contributed by atoms with Crippen LogP contribution in [0.2, 0.25) is 0 Å². The molecule has 108 valence electrons. The van der Waals surface area contributed by atoms with Crippen molar-refractivity contribution in [2.75, 3.05) is 7.05 Å². The third-order valence-electron chi connectivity index (χ3n) is 3.29. The molecular formula is C15H16FN5. The fourth-order valence-corrected chi connectivity index (χ4v) is 2.31. The number of hydrogen-bond acceptors (Lipinski definition) is 3. The van der Waals surface area contributed by atoms with Gasteiger partial charge in [-0.1, -0.05) is 0 Å². The van der Waals surface area contributed by atoms with E-state index < -0.39 is 0 Å². The van der Waals surface area contributed by atoms with Gasteiger partial charge in [-0.15, -0.1) is 0 Å². The first-order valence-corrected chi connectivity index (χ1v) is 6.67. The number of aromatic amines is 2. The Kier molecular flexibility index (Phi) is 3.79. The first-order valence-electron chi connectivity index (χ1n) is 6.67. The number of benzene rings is 1. The van der Waals surface area contributed by atoms with Gasteiger partial charge in [0.05, 0.1) is 11.9 Å². The molecule has 21 heavy (non-hydrogen) atoms. The van der Waals surface area contributed by atoms with Gasteiger partial charge in [0.2, 0.25) is 0 Å². The van der Waals surface area contributed by atoms with Gasteiger partial charge in [-0.05, 0) is 37.4 Å². The Bertz CT molecular complexity index is 687. The lowest BCUT2D eigenvalue weighted by Crippen LogP contribution is -2.17. The minimum absolute atomic E-state index is 0.240. The van der Waals surface area contributed by atoms with Gasteiger partial charge in [-0.25, -0.2) is 4.39 Å². The smallest absolute Gasteiger partial charge is 0.123 e. The van der Waals surface area contributed by atoms with Gasteiger partial charge >= 0.3 is 0 Å². The molecule has 0 aliphatic carbocycles. The highest BCUT2D eigenvalue weighted by molar-refractivity contribution is 5.62. The Morgan fingerprint density at radius 2 is 1.86 bits per heavy atom. The molecule has 0 radical (unpaired) electrons. The minimum Gasteiger partial charge on any atom is -0.296 e. The maximum atomic E-state index is 13.0. The van der Waals surface area contributed by atoms with Gasteiger partial charge in [0, 0.05) is 36.1 Å². The van der Waals surface area contributed by atoms with Crippen molar-refractivity contribution in [3.63, 3.8) is 0 Å². The number of nitrogens with one attached hydrogen (secondary N) is 2. The van der Waals surface area contributed by atoms with Crippen molar-refractivity contribution in [1.29, 1.82) is 0 Å². The van der Waals surface area contributed by atoms with E-state index in [1.165, 1.54) is 12.1 Å². The predicted molar refractivity (Wildman–Crippen MR) is 77.7 cm³/mol. The molecule has 6 heteroatoms. The van der Waals surface area contributed by atoms with Gasteiger partial charge in [0.15, 0.2) is 0 Å². The lowest BCUT2D eigenvalue weighted by atomic mass is 10.1. The van der Waals surface area contributed by atoms with Crippen LogP contribution in [0.4, 0.5) is 4.39 Å². The second-order valence-corrected chi connectivity index (χ2v) is 5.03. The Morgan fingerprint density at radius 1 is 1.05 bits per heavy atom. The van der Waals surface area contributed by atoms with E-state index in [4.69, 9.17) is 0 Å². The van der Waals surface area contributed by atoms with E-state index >= 15 is 0 Å². The van der Waals surface area contributed by atoms with E-state index in [0.717, 1.165) is 35.6 Å². The van der Waals surface area contributed by atoms with Crippen molar-refractivity contribution >= 4 is 0 Å². The van der Waals surface area contributed by atoms with Gasteiger partial charge in [0.25, 0.3) is 0 Å². The topological polar surface area (TPSA) is 60.6 Å². The summed E-state index contributed by atoms with van der Waals surface area (Å²) in [7, 11) is 2.03. The summed E-state index contributed by atoms with van der Waals surface area (Å²) >= 11 is 0. The molecule has 0 aliphatic heterocycles. The zero-order valence-electron chi connectivity index (χ0n) is 11.7. The monoisotopic (exact) mass is 285 g/mol. The van der Waals surface area contributed by atoms with Crippen molar-refractivity contribution in [2.24, 2.45) is 0 Å². The molecular weight excluding hydrogens is 269 g/mol. The molecule has 0 bridgehead atoms. The number of nitrogens with zero attached hydrogens (tertiary/aromatic N) is 3. The van der Waals surface area contributed by atoms with Crippen LogP contribution in [0, 0.1) is 5.82 Å². The maximum Gasteiger partial charge on any atom is 0.123 e. The van der Waals surface area contributed by atoms with Crippen LogP contribution in [0.1, 0.15) is 11.3 Å². The normalized spacial score (nSPS) is 11.2. The van der Waals surface area contributed by atoms with Crippen molar-refractivity contribution in [3.05, 3.63) is 59.8 Å². The molecule has 3 rings (SSSR count). The van der Waals surface area contributed by atoms with Crippen LogP contribution < -0.4 is 0 Å². The highest BCUT2D eigenvalue weighted by atomic mass is 19.1. The number of halogens is 1. The van der Waals surface area contributed by atoms with Crippen LogP contribution in [0.3, 0.4) is 0 Å². The SMILES string of the molecule is CN(Cc1ccn[nH]1)Cc1cn[nH]c1-c1ccc(F)cc1. The zero-order chi connectivity index (χ0) is 14.7. The predicted octanol–water partition coefficient (Wildman–Crippen LogP) is 2.57. The zero-order valence-corrected chi connectivity index (χ0v) is 11.7. The summed E-state index contributed by atoms with van der Waals surface area (Å²) < 4.78 is 13.0. The Hall–Kier alpha value is -2.47. The molecule has 0 saturated carbocycles. The molecule has 0 atom stereocenters. The average molecular weight is 285 g/mol. The van der Waals surface area contributed by atoms with E-state index in [1.54, 1.807) is 18.3 Å². The number of hydrogen-bond donors (Lipinski definition) is 2. The highest BCUT2D eigenvalue weighted by Crippen LogP contribution is 2.22. The fraction of sp³-hybridized carbons (Fsp3) is 0.200. The Morgan fingerprint density at radius 3 is 2.57 bits per heavy atom. The first kappa shape index (κ1) is 13.5. The van der Waals surface area contributed by atoms with Crippen LogP contribution in [0.15, 0.2) is 42.7 Å². The largest absolute Gasteiger partial charge is 0.296 e. The quantitative estimate of drug-likeness (QED) is 0.757. The summed E-state index contributed by atoms with van der Waals surface area (Å²) in [6.45, 7) is 1.51. The summed E-state index contributed by atoms with van der Waals surface area (Å²) in [5, 5.41) is 14.0. The summed E-state index contributed by atoms with van der Waals surface area (Å²) in [5.74, 6) is -0.240. The molecule has 2 heterocycles. The molecule has 0 spiro atoms. The minimum atomic E-state index is -0.240. The molecule has 5 nitrogen and oxygen atoms in total. The van der Waals surface area contributed by atoms with Crippen molar-refractivity contribution in [2.45, 2.75) is 13.1 Å². The second-order valence-electron chi connectivity index (χ2n) is 5.03. The molecule has 0 fully saturated rings. The molecule has 2 aromatic heterocycles. The standard InChI is InChI=1S/C15H16FN5/c1-21(10-14-6-7-17-19-14)9-12-8-18-20-15(12)11-2-4-13(16)5-3-11/h2-8H,9-10H2,1H3,(H,17,19)(H,18,20). The summed E-state index contributed by atoms with van der Waals surface area (Å²) in [6.07, 6.45) is 3.55. The summed E-state index contributed by atoms with van der Waals surface area (Å²) in [5.41, 5.74) is 3.98. The number of aromatic nitrogens is 4. The lowest BCUT2D eigenvalue weighted by Gasteiger charge is -2.15. The van der Waals surface area contributed by atoms with E-state index in [9.17, 15) is 4.39 Å². The molecule has 0 unspecified atom stereocenters. The van der Waals surface area contributed by atoms with Crippen LogP contribution in [0.25, 0.3) is 11.3 Å². The molecule has 1 aromatic carbocycles. The summed E-state index contributed by atoms with van der Waals surface area (Å²) in [6, 6.07) is 8.36. The van der Waals surface area contributed by atoms with Gasteiger partial charge < -0.3 is 0 Å². The second kappa shape index (κ2) is 5.88. The maximum absolute atomic E-state index is 13.0. The van der Waals surface area contributed by atoms with Crippen molar-refractivity contribution < 1.29 is 4.39 Å². The highest BCUT2D eigenvalue weighted by Gasteiger charge is 2.11. The van der Waals surface area contributed by atoms with Crippen LogP contribution >= 0.6 is 0 Å².